The maximum absolute atomic E-state index is 4.97. The minimum absolute atomic E-state index is 0.234. The molecule has 0 N–H and O–H groups in total. The van der Waals surface area contributed by atoms with Crippen molar-refractivity contribution in [1.82, 2.24) is 29.9 Å². The van der Waals surface area contributed by atoms with Gasteiger partial charge in [-0.25, -0.2) is 29.9 Å². The summed E-state index contributed by atoms with van der Waals surface area (Å²) in [6.07, 6.45) is 10.8. The zero-order chi connectivity index (χ0) is 39.5. The van der Waals surface area contributed by atoms with Crippen molar-refractivity contribution in [2.75, 3.05) is 0 Å². The Bertz CT molecular complexity index is 2750. The van der Waals surface area contributed by atoms with Gasteiger partial charge in [-0.3, -0.25) is 0 Å². The van der Waals surface area contributed by atoms with E-state index in [0.29, 0.717) is 35.0 Å². The average Bonchev–Trinajstić information content (AvgIpc) is 3.32. The van der Waals surface area contributed by atoms with Gasteiger partial charge in [0.2, 0.25) is 0 Å². The number of fused-ring (bicyclic) bond motifs is 1. The van der Waals surface area contributed by atoms with Gasteiger partial charge in [0.1, 0.15) is 0 Å². The average molecular weight is 761 g/mol. The molecule has 2 aliphatic rings. The predicted octanol–water partition coefficient (Wildman–Crippen LogP) is 12.6. The monoisotopic (exact) mass is 760 g/mol. The van der Waals surface area contributed by atoms with E-state index in [4.69, 9.17) is 29.9 Å². The standard InChI is InChI=1S/C53H40N6/c1-35-46(37-24-29-44(30-25-37)53-58-50(41-18-10-4-11-19-41)55-51(59-53)42-20-12-5-13-21-42)33-32-38-26-31-45(34-47(35)38)36-22-27-43(28-23-36)52-56-48(39-14-6-2-7-15-39)54-49(57-52)40-16-8-3-9-17-40/h2-22,24-27,29-35,46H,23,28H2,1H3. The Labute approximate surface area is 344 Å². The molecule has 0 radical (unpaired) electrons. The topological polar surface area (TPSA) is 77.3 Å². The van der Waals surface area contributed by atoms with E-state index in [1.165, 1.54) is 27.8 Å². The Morgan fingerprint density at radius 1 is 0.390 bits per heavy atom. The van der Waals surface area contributed by atoms with Crippen LogP contribution in [0.1, 0.15) is 59.7 Å². The minimum Gasteiger partial charge on any atom is -0.209 e. The lowest BCUT2D eigenvalue weighted by Gasteiger charge is -2.28. The maximum atomic E-state index is 4.97. The van der Waals surface area contributed by atoms with Gasteiger partial charge in [0.05, 0.1) is 0 Å². The van der Waals surface area contributed by atoms with Crippen LogP contribution in [0.5, 0.6) is 0 Å². The first kappa shape index (κ1) is 35.9. The van der Waals surface area contributed by atoms with E-state index < -0.39 is 0 Å². The quantitative estimate of drug-likeness (QED) is 0.153. The molecule has 0 saturated carbocycles. The maximum Gasteiger partial charge on any atom is 0.164 e. The summed E-state index contributed by atoms with van der Waals surface area (Å²) in [6.45, 7) is 2.34. The van der Waals surface area contributed by atoms with Crippen molar-refractivity contribution in [2.45, 2.75) is 31.6 Å². The predicted molar refractivity (Wildman–Crippen MR) is 239 cm³/mol. The Kier molecular flexibility index (Phi) is 9.64. The summed E-state index contributed by atoms with van der Waals surface area (Å²) in [7, 11) is 0. The van der Waals surface area contributed by atoms with E-state index >= 15 is 0 Å². The molecule has 2 aliphatic carbocycles. The lowest BCUT2D eigenvalue weighted by atomic mass is 9.76. The fourth-order valence-electron chi connectivity index (χ4n) is 8.10. The van der Waals surface area contributed by atoms with Crippen molar-refractivity contribution in [2.24, 2.45) is 0 Å². The second-order valence-corrected chi connectivity index (χ2v) is 15.1. The molecule has 0 amide bonds. The zero-order valence-corrected chi connectivity index (χ0v) is 32.7. The Balaban J connectivity index is 0.914. The molecule has 6 heteroatoms. The molecule has 6 aromatic carbocycles. The first-order valence-electron chi connectivity index (χ1n) is 20.2. The Morgan fingerprint density at radius 3 is 1.22 bits per heavy atom. The summed E-state index contributed by atoms with van der Waals surface area (Å²) >= 11 is 0. The van der Waals surface area contributed by atoms with E-state index in [-0.39, 0.29) is 5.92 Å². The van der Waals surface area contributed by atoms with Crippen LogP contribution in [0.3, 0.4) is 0 Å². The molecule has 0 fully saturated rings. The van der Waals surface area contributed by atoms with Crippen molar-refractivity contribution >= 4 is 17.2 Å². The van der Waals surface area contributed by atoms with Gasteiger partial charge in [-0.05, 0) is 52.2 Å². The minimum atomic E-state index is 0.234. The largest absolute Gasteiger partial charge is 0.209 e. The summed E-state index contributed by atoms with van der Waals surface area (Å²) in [4.78, 5) is 29.6. The molecule has 2 unspecified atom stereocenters. The SMILES string of the molecule is CC1c2cc(C3=CC=C(c4nc(-c5ccccc5)nc(-c5ccccc5)n4)CC3)ccc2C=CC1c1ccc(-c2nc(-c3ccccc3)nc(-c3ccccc3)n2)cc1. The van der Waals surface area contributed by atoms with Crippen LogP contribution in [0.4, 0.5) is 0 Å². The molecule has 10 rings (SSSR count). The van der Waals surface area contributed by atoms with Crippen LogP contribution in [-0.4, -0.2) is 29.9 Å². The van der Waals surface area contributed by atoms with Gasteiger partial charge in [0.25, 0.3) is 0 Å². The number of benzene rings is 6. The number of hydrogen-bond acceptors (Lipinski definition) is 6. The molecule has 0 saturated heterocycles. The third kappa shape index (κ3) is 7.44. The molecule has 59 heavy (non-hydrogen) atoms. The highest BCUT2D eigenvalue weighted by molar-refractivity contribution is 5.79. The molecule has 2 aromatic heterocycles. The van der Waals surface area contributed by atoms with E-state index in [9.17, 15) is 0 Å². The summed E-state index contributed by atoms with van der Waals surface area (Å²) in [5.41, 5.74) is 12.4. The molecule has 282 valence electrons. The van der Waals surface area contributed by atoms with E-state index in [1.807, 2.05) is 121 Å². The fourth-order valence-corrected chi connectivity index (χ4v) is 8.10. The molecule has 2 atom stereocenters. The lowest BCUT2D eigenvalue weighted by Crippen LogP contribution is -2.12. The highest BCUT2D eigenvalue weighted by Crippen LogP contribution is 2.42. The van der Waals surface area contributed by atoms with E-state index in [2.05, 4.69) is 73.7 Å². The van der Waals surface area contributed by atoms with E-state index in [0.717, 1.165) is 52.1 Å². The van der Waals surface area contributed by atoms with Crippen molar-refractivity contribution < 1.29 is 0 Å². The molecule has 0 bridgehead atoms. The number of allylic oxidation sites excluding steroid dienone is 5. The van der Waals surface area contributed by atoms with Gasteiger partial charge in [0.15, 0.2) is 34.9 Å². The van der Waals surface area contributed by atoms with Crippen LogP contribution in [0, 0.1) is 0 Å². The van der Waals surface area contributed by atoms with Crippen LogP contribution in [0.15, 0.2) is 182 Å². The van der Waals surface area contributed by atoms with Crippen LogP contribution >= 0.6 is 0 Å². The normalized spacial score (nSPS) is 15.9. The van der Waals surface area contributed by atoms with E-state index in [1.54, 1.807) is 0 Å². The van der Waals surface area contributed by atoms with Gasteiger partial charge in [0, 0.05) is 33.7 Å². The number of aromatic nitrogens is 6. The summed E-state index contributed by atoms with van der Waals surface area (Å²) < 4.78 is 0. The molecular formula is C53H40N6. The molecular weight excluding hydrogens is 721 g/mol. The second kappa shape index (κ2) is 15.8. The summed E-state index contributed by atoms with van der Waals surface area (Å²) in [5, 5.41) is 0. The zero-order valence-electron chi connectivity index (χ0n) is 32.7. The Morgan fingerprint density at radius 2 is 0.780 bits per heavy atom. The first-order valence-corrected chi connectivity index (χ1v) is 20.2. The third-order valence-corrected chi connectivity index (χ3v) is 11.4. The van der Waals surface area contributed by atoms with Gasteiger partial charge in [-0.15, -0.1) is 0 Å². The molecule has 0 aliphatic heterocycles. The number of hydrogen-bond donors (Lipinski definition) is 0. The van der Waals surface area contributed by atoms with Crippen molar-refractivity contribution in [3.63, 3.8) is 0 Å². The van der Waals surface area contributed by atoms with Crippen LogP contribution in [0.2, 0.25) is 0 Å². The molecule has 0 spiro atoms. The highest BCUT2D eigenvalue weighted by atomic mass is 15.0. The number of nitrogens with zero attached hydrogens (tertiary/aromatic N) is 6. The summed E-state index contributed by atoms with van der Waals surface area (Å²) in [5.74, 6) is 4.61. The smallest absolute Gasteiger partial charge is 0.164 e. The van der Waals surface area contributed by atoms with Gasteiger partial charge < -0.3 is 0 Å². The lowest BCUT2D eigenvalue weighted by molar-refractivity contribution is 0.669. The second-order valence-electron chi connectivity index (χ2n) is 15.1. The van der Waals surface area contributed by atoms with Gasteiger partial charge in [-0.1, -0.05) is 195 Å². The highest BCUT2D eigenvalue weighted by Gasteiger charge is 2.25. The molecule has 8 aromatic rings. The third-order valence-electron chi connectivity index (χ3n) is 11.4. The fraction of sp³-hybridized carbons (Fsp3) is 0.0943. The van der Waals surface area contributed by atoms with Crippen LogP contribution in [-0.2, 0) is 0 Å². The Hall–Kier alpha value is -7.44. The summed E-state index contributed by atoms with van der Waals surface area (Å²) in [6, 6.07) is 56.2. The van der Waals surface area contributed by atoms with Gasteiger partial charge in [-0.2, -0.15) is 0 Å². The van der Waals surface area contributed by atoms with Crippen molar-refractivity contribution in [3.8, 4) is 56.9 Å². The van der Waals surface area contributed by atoms with Crippen molar-refractivity contribution in [1.29, 1.82) is 0 Å². The first-order chi connectivity index (χ1) is 29.1. The van der Waals surface area contributed by atoms with Gasteiger partial charge >= 0.3 is 0 Å². The number of rotatable bonds is 8. The molecule has 6 nitrogen and oxygen atoms in total. The van der Waals surface area contributed by atoms with Crippen molar-refractivity contribution in [3.05, 3.63) is 210 Å². The van der Waals surface area contributed by atoms with Crippen LogP contribution in [0.25, 0.3) is 74.2 Å². The van der Waals surface area contributed by atoms with Crippen LogP contribution < -0.4 is 0 Å². The molecule has 2 heterocycles.